The van der Waals surface area contributed by atoms with Crippen LogP contribution in [0.15, 0.2) is 59.7 Å². The molecule has 1 saturated carbocycles. The second kappa shape index (κ2) is 9.56. The molecule has 1 aliphatic rings. The number of amides is 2. The number of ether oxygens (including phenoxy) is 2. The zero-order valence-electron chi connectivity index (χ0n) is 16.3. The molecule has 0 heterocycles. The smallest absolute Gasteiger partial charge is 0.255 e. The van der Waals surface area contributed by atoms with Gasteiger partial charge in [-0.05, 0) is 60.4 Å². The van der Waals surface area contributed by atoms with E-state index >= 15 is 0 Å². The second-order valence-electron chi connectivity index (χ2n) is 6.82. The van der Waals surface area contributed by atoms with Crippen molar-refractivity contribution >= 4 is 29.7 Å². The summed E-state index contributed by atoms with van der Waals surface area (Å²) in [6.07, 6.45) is 4.92. The molecule has 0 saturated heterocycles. The summed E-state index contributed by atoms with van der Waals surface area (Å²) >= 11 is 0. The van der Waals surface area contributed by atoms with Gasteiger partial charge in [0.25, 0.3) is 11.8 Å². The highest BCUT2D eigenvalue weighted by Gasteiger charge is 2.23. The number of hydrogen-bond acceptors (Lipinski definition) is 5. The van der Waals surface area contributed by atoms with Crippen LogP contribution in [0.3, 0.4) is 0 Å². The standard InChI is InChI=1S/C23H22N2O5/c24-21(26)13-29-19-5-1-3-15(11-19)9-17-7-8-18(23(17)28)10-16-4-2-6-20(12-16)30-14-22(25)27/h1-6,9-12H,7-8,13-14H2,(H2,24,26)(H2,25,27). The molecule has 4 N–H and O–H groups in total. The summed E-state index contributed by atoms with van der Waals surface area (Å²) in [4.78, 5) is 34.5. The van der Waals surface area contributed by atoms with Gasteiger partial charge >= 0.3 is 0 Å². The van der Waals surface area contributed by atoms with Gasteiger partial charge in [-0.1, -0.05) is 24.3 Å². The van der Waals surface area contributed by atoms with Gasteiger partial charge in [0.1, 0.15) is 11.5 Å². The molecule has 30 heavy (non-hydrogen) atoms. The second-order valence-corrected chi connectivity index (χ2v) is 6.82. The van der Waals surface area contributed by atoms with Gasteiger partial charge in [0.2, 0.25) is 0 Å². The number of Topliss-reactive ketones (excluding diaryl/α,β-unsaturated/α-hetero) is 1. The molecular formula is C23H22N2O5. The zero-order valence-corrected chi connectivity index (χ0v) is 16.3. The molecule has 0 aliphatic heterocycles. The van der Waals surface area contributed by atoms with Crippen molar-refractivity contribution in [1.29, 1.82) is 0 Å². The fourth-order valence-electron chi connectivity index (χ4n) is 3.08. The molecule has 0 radical (unpaired) electrons. The first-order chi connectivity index (χ1) is 14.4. The van der Waals surface area contributed by atoms with Gasteiger partial charge in [0.15, 0.2) is 19.0 Å². The largest absolute Gasteiger partial charge is 0.484 e. The number of ketones is 1. The monoisotopic (exact) mass is 406 g/mol. The van der Waals surface area contributed by atoms with Crippen LogP contribution in [0, 0.1) is 0 Å². The van der Waals surface area contributed by atoms with Gasteiger partial charge in [-0.3, -0.25) is 14.4 Å². The summed E-state index contributed by atoms with van der Waals surface area (Å²) in [6, 6.07) is 14.2. The molecule has 2 aromatic carbocycles. The Morgan fingerprint density at radius 1 is 0.800 bits per heavy atom. The fraction of sp³-hybridized carbons (Fsp3) is 0.174. The lowest BCUT2D eigenvalue weighted by Gasteiger charge is -2.05. The molecule has 7 heteroatoms. The minimum Gasteiger partial charge on any atom is -0.484 e. The third-order valence-corrected chi connectivity index (χ3v) is 4.41. The molecule has 0 aromatic heterocycles. The average Bonchev–Trinajstić information content (AvgIpc) is 3.05. The van der Waals surface area contributed by atoms with E-state index in [2.05, 4.69) is 0 Å². The van der Waals surface area contributed by atoms with Crippen LogP contribution in [0.2, 0.25) is 0 Å². The highest BCUT2D eigenvalue weighted by Crippen LogP contribution is 2.30. The van der Waals surface area contributed by atoms with E-state index in [0.717, 1.165) is 11.1 Å². The first-order valence-corrected chi connectivity index (χ1v) is 9.39. The van der Waals surface area contributed by atoms with Crippen molar-refractivity contribution in [1.82, 2.24) is 0 Å². The maximum atomic E-state index is 12.8. The number of benzene rings is 2. The Labute approximate surface area is 174 Å². The van der Waals surface area contributed by atoms with E-state index < -0.39 is 11.8 Å². The van der Waals surface area contributed by atoms with Crippen molar-refractivity contribution in [3.8, 4) is 11.5 Å². The quantitative estimate of drug-likeness (QED) is 0.651. The maximum Gasteiger partial charge on any atom is 0.255 e. The van der Waals surface area contributed by atoms with E-state index in [9.17, 15) is 14.4 Å². The highest BCUT2D eigenvalue weighted by atomic mass is 16.5. The average molecular weight is 406 g/mol. The number of carbonyl (C=O) groups excluding carboxylic acids is 3. The minimum absolute atomic E-state index is 0.0121. The summed E-state index contributed by atoms with van der Waals surface area (Å²) in [5.41, 5.74) is 13.2. The van der Waals surface area contributed by atoms with Gasteiger partial charge in [0.05, 0.1) is 0 Å². The van der Waals surface area contributed by atoms with Crippen LogP contribution >= 0.6 is 0 Å². The Bertz CT molecular complexity index is 958. The number of allylic oxidation sites excluding steroid dienone is 2. The van der Waals surface area contributed by atoms with Crippen LogP contribution in [0.4, 0.5) is 0 Å². The van der Waals surface area contributed by atoms with E-state index in [1.54, 1.807) is 36.4 Å². The Balaban J connectivity index is 1.73. The molecular weight excluding hydrogens is 384 g/mol. The van der Waals surface area contributed by atoms with E-state index in [-0.39, 0.29) is 19.0 Å². The van der Waals surface area contributed by atoms with Gasteiger partial charge in [-0.2, -0.15) is 0 Å². The first-order valence-electron chi connectivity index (χ1n) is 9.39. The molecule has 1 aliphatic carbocycles. The van der Waals surface area contributed by atoms with Crippen molar-refractivity contribution in [2.75, 3.05) is 13.2 Å². The predicted octanol–water partition coefficient (Wildman–Crippen LogP) is 2.24. The van der Waals surface area contributed by atoms with Gasteiger partial charge < -0.3 is 20.9 Å². The molecule has 154 valence electrons. The van der Waals surface area contributed by atoms with Crippen LogP contribution in [-0.2, 0) is 14.4 Å². The molecule has 3 rings (SSSR count). The Morgan fingerprint density at radius 2 is 1.23 bits per heavy atom. The van der Waals surface area contributed by atoms with Crippen molar-refractivity contribution in [2.24, 2.45) is 11.5 Å². The maximum absolute atomic E-state index is 12.8. The molecule has 0 atom stereocenters. The number of hydrogen-bond donors (Lipinski definition) is 2. The molecule has 7 nitrogen and oxygen atoms in total. The minimum atomic E-state index is -0.552. The lowest BCUT2D eigenvalue weighted by Crippen LogP contribution is -2.19. The number of nitrogens with two attached hydrogens (primary N) is 2. The van der Waals surface area contributed by atoms with E-state index in [1.165, 1.54) is 0 Å². The molecule has 2 amide bonds. The zero-order chi connectivity index (χ0) is 21.5. The van der Waals surface area contributed by atoms with Crippen LogP contribution < -0.4 is 20.9 Å². The SMILES string of the molecule is NC(=O)COc1cccc(C=C2CCC(=Cc3cccc(OCC(N)=O)c3)C2=O)c1. The lowest BCUT2D eigenvalue weighted by atomic mass is 10.1. The van der Waals surface area contributed by atoms with Crippen LogP contribution in [0.5, 0.6) is 11.5 Å². The van der Waals surface area contributed by atoms with Crippen LogP contribution in [-0.4, -0.2) is 30.8 Å². The Kier molecular flexibility index (Phi) is 6.64. The Hall–Kier alpha value is -3.87. The molecule has 0 unspecified atom stereocenters. The fourth-order valence-corrected chi connectivity index (χ4v) is 3.08. The number of rotatable bonds is 8. The van der Waals surface area contributed by atoms with Gasteiger partial charge in [0, 0.05) is 11.1 Å². The summed E-state index contributed by atoms with van der Waals surface area (Å²) in [6.45, 7) is -0.401. The molecule has 2 aromatic rings. The molecule has 1 fully saturated rings. The van der Waals surface area contributed by atoms with E-state index in [0.29, 0.717) is 35.5 Å². The van der Waals surface area contributed by atoms with Gasteiger partial charge in [-0.25, -0.2) is 0 Å². The third kappa shape index (κ3) is 5.81. The molecule has 0 bridgehead atoms. The van der Waals surface area contributed by atoms with E-state index in [1.807, 2.05) is 24.3 Å². The molecule has 0 spiro atoms. The van der Waals surface area contributed by atoms with E-state index in [4.69, 9.17) is 20.9 Å². The van der Waals surface area contributed by atoms with Crippen molar-refractivity contribution < 1.29 is 23.9 Å². The van der Waals surface area contributed by atoms with Gasteiger partial charge in [-0.15, -0.1) is 0 Å². The third-order valence-electron chi connectivity index (χ3n) is 4.41. The van der Waals surface area contributed by atoms with Crippen molar-refractivity contribution in [3.63, 3.8) is 0 Å². The normalized spacial score (nSPS) is 16.1. The van der Waals surface area contributed by atoms with Crippen molar-refractivity contribution in [3.05, 3.63) is 70.8 Å². The first kappa shape index (κ1) is 20.9. The van der Waals surface area contributed by atoms with Crippen LogP contribution in [0.1, 0.15) is 24.0 Å². The number of primary amides is 2. The summed E-state index contributed by atoms with van der Waals surface area (Å²) in [5.74, 6) is -0.0941. The topological polar surface area (TPSA) is 122 Å². The lowest BCUT2D eigenvalue weighted by molar-refractivity contribution is -0.120. The summed E-state index contributed by atoms with van der Waals surface area (Å²) < 4.78 is 10.6. The highest BCUT2D eigenvalue weighted by molar-refractivity contribution is 6.15. The van der Waals surface area contributed by atoms with Crippen molar-refractivity contribution in [2.45, 2.75) is 12.8 Å². The summed E-state index contributed by atoms with van der Waals surface area (Å²) in [7, 11) is 0. The Morgan fingerprint density at radius 3 is 1.63 bits per heavy atom. The van der Waals surface area contributed by atoms with Crippen LogP contribution in [0.25, 0.3) is 12.2 Å². The predicted molar refractivity (Wildman–Crippen MR) is 112 cm³/mol. The number of carbonyl (C=O) groups is 3. The summed E-state index contributed by atoms with van der Waals surface area (Å²) in [5, 5.41) is 0.